The highest BCUT2D eigenvalue weighted by Crippen LogP contribution is 2.34. The third-order valence-corrected chi connectivity index (χ3v) is 4.99. The third-order valence-electron chi connectivity index (χ3n) is 4.32. The number of nitrogens with one attached hydrogen (secondary N) is 3. The SMILES string of the molecule is O=C1NC(=O)C2(CCC(C(=O)Nc3cccc(I)c3)CC2)N1. The zero-order chi connectivity index (χ0) is 15.7. The number of halogens is 1. The molecule has 1 saturated carbocycles. The molecule has 22 heavy (non-hydrogen) atoms. The predicted octanol–water partition coefficient (Wildman–Crippen LogP) is 2.00. The van der Waals surface area contributed by atoms with Gasteiger partial charge in [0.25, 0.3) is 5.91 Å². The van der Waals surface area contributed by atoms with E-state index in [9.17, 15) is 14.4 Å². The number of hydrogen-bond acceptors (Lipinski definition) is 3. The highest BCUT2D eigenvalue weighted by Gasteiger charge is 2.48. The van der Waals surface area contributed by atoms with Crippen molar-refractivity contribution < 1.29 is 14.4 Å². The first-order valence-electron chi connectivity index (χ1n) is 7.19. The van der Waals surface area contributed by atoms with Crippen LogP contribution in [-0.2, 0) is 9.59 Å². The maximum atomic E-state index is 12.3. The van der Waals surface area contributed by atoms with Crippen molar-refractivity contribution in [1.82, 2.24) is 10.6 Å². The van der Waals surface area contributed by atoms with Gasteiger partial charge in [0.1, 0.15) is 5.54 Å². The quantitative estimate of drug-likeness (QED) is 0.512. The number of rotatable bonds is 2. The van der Waals surface area contributed by atoms with Gasteiger partial charge in [-0.15, -0.1) is 0 Å². The second kappa shape index (κ2) is 5.86. The van der Waals surface area contributed by atoms with Gasteiger partial charge in [0.2, 0.25) is 5.91 Å². The Morgan fingerprint density at radius 1 is 1.27 bits per heavy atom. The normalized spacial score (nSPS) is 27.4. The van der Waals surface area contributed by atoms with E-state index in [0.717, 1.165) is 9.26 Å². The topological polar surface area (TPSA) is 87.3 Å². The summed E-state index contributed by atoms with van der Waals surface area (Å²) in [4.78, 5) is 35.5. The molecule has 2 aliphatic rings. The summed E-state index contributed by atoms with van der Waals surface area (Å²) in [5.41, 5.74) is -0.0280. The first kappa shape index (κ1) is 15.3. The summed E-state index contributed by atoms with van der Waals surface area (Å²) in [5.74, 6) is -0.427. The molecule has 116 valence electrons. The lowest BCUT2D eigenvalue weighted by Gasteiger charge is -2.33. The molecule has 1 spiro atoms. The maximum Gasteiger partial charge on any atom is 0.322 e. The molecule has 1 aromatic carbocycles. The average Bonchev–Trinajstić information content (AvgIpc) is 2.73. The van der Waals surface area contributed by atoms with Gasteiger partial charge in [-0.25, -0.2) is 4.79 Å². The lowest BCUT2D eigenvalue weighted by Crippen LogP contribution is -2.50. The highest BCUT2D eigenvalue weighted by atomic mass is 127. The van der Waals surface area contributed by atoms with Crippen LogP contribution in [0.15, 0.2) is 24.3 Å². The minimum absolute atomic E-state index is 0.0263. The molecule has 0 unspecified atom stereocenters. The van der Waals surface area contributed by atoms with Gasteiger partial charge in [-0.1, -0.05) is 6.07 Å². The van der Waals surface area contributed by atoms with Crippen molar-refractivity contribution in [3.05, 3.63) is 27.8 Å². The van der Waals surface area contributed by atoms with Gasteiger partial charge in [-0.05, 0) is 66.5 Å². The largest absolute Gasteiger partial charge is 0.326 e. The van der Waals surface area contributed by atoms with Gasteiger partial charge in [0.05, 0.1) is 0 Å². The summed E-state index contributed by atoms with van der Waals surface area (Å²) in [5, 5.41) is 7.90. The summed E-state index contributed by atoms with van der Waals surface area (Å²) in [6, 6.07) is 7.18. The van der Waals surface area contributed by atoms with Gasteiger partial charge in [-0.3, -0.25) is 14.9 Å². The van der Waals surface area contributed by atoms with Gasteiger partial charge >= 0.3 is 6.03 Å². The number of benzene rings is 1. The molecule has 0 bridgehead atoms. The van der Waals surface area contributed by atoms with E-state index in [0.29, 0.717) is 25.7 Å². The van der Waals surface area contributed by atoms with E-state index in [1.807, 2.05) is 24.3 Å². The Hall–Kier alpha value is -1.64. The van der Waals surface area contributed by atoms with E-state index >= 15 is 0 Å². The third kappa shape index (κ3) is 2.94. The molecule has 1 heterocycles. The van der Waals surface area contributed by atoms with Crippen molar-refractivity contribution >= 4 is 46.1 Å². The first-order valence-corrected chi connectivity index (χ1v) is 8.26. The Morgan fingerprint density at radius 3 is 2.59 bits per heavy atom. The molecule has 1 aromatic rings. The second-order valence-corrected chi connectivity index (χ2v) is 7.01. The van der Waals surface area contributed by atoms with E-state index < -0.39 is 11.6 Å². The standard InChI is InChI=1S/C15H16IN3O3/c16-10-2-1-3-11(8-10)17-12(20)9-4-6-15(7-5-9)13(21)18-14(22)19-15/h1-3,8-9H,4-7H2,(H,17,20)(H2,18,19,21,22). The van der Waals surface area contributed by atoms with Gasteiger partial charge in [0.15, 0.2) is 0 Å². The van der Waals surface area contributed by atoms with Crippen molar-refractivity contribution in [3.63, 3.8) is 0 Å². The maximum absolute atomic E-state index is 12.3. The van der Waals surface area contributed by atoms with Crippen molar-refractivity contribution in [1.29, 1.82) is 0 Å². The number of carbonyl (C=O) groups is 3. The minimum Gasteiger partial charge on any atom is -0.326 e. The summed E-state index contributed by atoms with van der Waals surface area (Å²) in [6.07, 6.45) is 2.16. The summed E-state index contributed by atoms with van der Waals surface area (Å²) >= 11 is 2.20. The van der Waals surface area contributed by atoms with Crippen LogP contribution in [0.5, 0.6) is 0 Å². The molecule has 3 N–H and O–H groups in total. The smallest absolute Gasteiger partial charge is 0.322 e. The molecule has 0 atom stereocenters. The number of imide groups is 1. The van der Waals surface area contributed by atoms with Crippen molar-refractivity contribution in [2.75, 3.05) is 5.32 Å². The Labute approximate surface area is 141 Å². The number of carbonyl (C=O) groups excluding carboxylic acids is 3. The molecule has 1 aliphatic heterocycles. The zero-order valence-electron chi connectivity index (χ0n) is 11.8. The highest BCUT2D eigenvalue weighted by molar-refractivity contribution is 14.1. The van der Waals surface area contributed by atoms with Crippen molar-refractivity contribution in [2.45, 2.75) is 31.2 Å². The molecule has 2 fully saturated rings. The molecule has 7 heteroatoms. The summed E-state index contributed by atoms with van der Waals surface area (Å²) < 4.78 is 1.06. The minimum atomic E-state index is -0.810. The van der Waals surface area contributed by atoms with Crippen LogP contribution in [-0.4, -0.2) is 23.4 Å². The van der Waals surface area contributed by atoms with Gasteiger partial charge < -0.3 is 10.6 Å². The van der Waals surface area contributed by atoms with E-state index in [-0.39, 0.29) is 17.7 Å². The predicted molar refractivity (Wildman–Crippen MR) is 89.2 cm³/mol. The monoisotopic (exact) mass is 413 g/mol. The van der Waals surface area contributed by atoms with Crippen molar-refractivity contribution in [3.8, 4) is 0 Å². The lowest BCUT2D eigenvalue weighted by atomic mass is 9.76. The molecule has 3 rings (SSSR count). The second-order valence-electron chi connectivity index (χ2n) is 5.76. The van der Waals surface area contributed by atoms with Crippen LogP contribution < -0.4 is 16.0 Å². The molecule has 0 radical (unpaired) electrons. The lowest BCUT2D eigenvalue weighted by molar-refractivity contribution is -0.128. The average molecular weight is 413 g/mol. The summed E-state index contributed by atoms with van der Waals surface area (Å²) in [7, 11) is 0. The van der Waals surface area contributed by atoms with Crippen molar-refractivity contribution in [2.24, 2.45) is 5.92 Å². The van der Waals surface area contributed by atoms with E-state index in [2.05, 4.69) is 38.5 Å². The first-order chi connectivity index (χ1) is 10.5. The Bertz CT molecular complexity index is 639. The fraction of sp³-hybridized carbons (Fsp3) is 0.400. The van der Waals surface area contributed by atoms with E-state index in [1.165, 1.54) is 0 Å². The van der Waals surface area contributed by atoms with Crippen LogP contribution >= 0.6 is 22.6 Å². The van der Waals surface area contributed by atoms with Crippen LogP contribution in [0.2, 0.25) is 0 Å². The van der Waals surface area contributed by atoms with Crippen LogP contribution in [0.4, 0.5) is 10.5 Å². The number of hydrogen-bond donors (Lipinski definition) is 3. The van der Waals surface area contributed by atoms with E-state index in [1.54, 1.807) is 0 Å². The molecule has 0 aromatic heterocycles. The van der Waals surface area contributed by atoms with Gasteiger partial charge in [-0.2, -0.15) is 0 Å². The zero-order valence-corrected chi connectivity index (χ0v) is 14.0. The van der Waals surface area contributed by atoms with Crippen LogP contribution in [0.3, 0.4) is 0 Å². The molecular weight excluding hydrogens is 397 g/mol. The Kier molecular flexibility index (Phi) is 4.07. The Morgan fingerprint density at radius 2 is 2.00 bits per heavy atom. The molecular formula is C15H16IN3O3. The van der Waals surface area contributed by atoms with Crippen LogP contribution in [0.1, 0.15) is 25.7 Å². The Balaban J connectivity index is 1.60. The summed E-state index contributed by atoms with van der Waals surface area (Å²) in [6.45, 7) is 0. The molecule has 1 aliphatic carbocycles. The molecule has 6 nitrogen and oxygen atoms in total. The fourth-order valence-electron chi connectivity index (χ4n) is 3.06. The fourth-order valence-corrected chi connectivity index (χ4v) is 3.61. The molecule has 4 amide bonds. The van der Waals surface area contributed by atoms with Crippen LogP contribution in [0, 0.1) is 9.49 Å². The number of urea groups is 1. The van der Waals surface area contributed by atoms with Gasteiger partial charge in [0, 0.05) is 15.2 Å². The van der Waals surface area contributed by atoms with E-state index in [4.69, 9.17) is 0 Å². The number of anilines is 1. The number of amides is 4. The molecule has 1 saturated heterocycles. The van der Waals surface area contributed by atoms with Crippen LogP contribution in [0.25, 0.3) is 0 Å².